The van der Waals surface area contributed by atoms with E-state index in [1.54, 1.807) is 46.8 Å². The van der Waals surface area contributed by atoms with E-state index < -0.39 is 48.2 Å². The fraction of sp³-hybridized carbons (Fsp3) is 0.600. The van der Waals surface area contributed by atoms with Gasteiger partial charge in [-0.1, -0.05) is 18.2 Å². The van der Waals surface area contributed by atoms with E-state index >= 15 is 0 Å². The van der Waals surface area contributed by atoms with Gasteiger partial charge in [-0.3, -0.25) is 14.4 Å². The van der Waals surface area contributed by atoms with Crippen molar-refractivity contribution in [3.05, 3.63) is 29.3 Å². The molecule has 1 aromatic carbocycles. The van der Waals surface area contributed by atoms with E-state index in [-0.39, 0.29) is 36.9 Å². The number of aliphatic hydroxyl groups excluding tert-OH is 1. The number of para-hydroxylation sites is 1. The molecule has 4 N–H and O–H groups in total. The van der Waals surface area contributed by atoms with Crippen molar-refractivity contribution in [1.82, 2.24) is 15.5 Å². The van der Waals surface area contributed by atoms with Crippen LogP contribution in [0.1, 0.15) is 64.1 Å². The maximum atomic E-state index is 13.6. The third-order valence-electron chi connectivity index (χ3n) is 5.39. The molecule has 2 unspecified atom stereocenters. The summed E-state index contributed by atoms with van der Waals surface area (Å²) in [7, 11) is 0. The van der Waals surface area contributed by atoms with Gasteiger partial charge in [0.1, 0.15) is 23.4 Å². The number of carbonyl (C=O) groups is 4. The number of alkyl carbamates (subject to hydrolysis) is 1. The second kappa shape index (κ2) is 12.6. The Morgan fingerprint density at radius 1 is 1.19 bits per heavy atom. The average molecular weight is 508 g/mol. The van der Waals surface area contributed by atoms with Gasteiger partial charge < -0.3 is 35.2 Å². The molecule has 1 fully saturated rings. The first-order valence-corrected chi connectivity index (χ1v) is 12.0. The van der Waals surface area contributed by atoms with E-state index in [0.29, 0.717) is 18.4 Å². The fourth-order valence-corrected chi connectivity index (χ4v) is 3.62. The molecular formula is C25H37N3O8. The number of aliphatic hydroxyl groups is 1. The molecule has 11 nitrogen and oxygen atoms in total. The molecule has 2 atom stereocenters. The molecule has 1 aliphatic carbocycles. The Morgan fingerprint density at radius 3 is 2.42 bits per heavy atom. The third-order valence-corrected chi connectivity index (χ3v) is 5.39. The summed E-state index contributed by atoms with van der Waals surface area (Å²) in [5.41, 5.74) is -0.124. The summed E-state index contributed by atoms with van der Waals surface area (Å²) in [6.07, 6.45) is 0.257. The van der Waals surface area contributed by atoms with Crippen LogP contribution < -0.4 is 10.6 Å². The number of aryl methyl sites for hydroxylation is 1. The molecule has 0 aromatic heterocycles. The largest absolute Gasteiger partial charge is 0.507 e. The smallest absolute Gasteiger partial charge is 0.408 e. The molecule has 36 heavy (non-hydrogen) atoms. The summed E-state index contributed by atoms with van der Waals surface area (Å²) < 4.78 is 10.1. The molecular weight excluding hydrogens is 470 g/mol. The van der Waals surface area contributed by atoms with Crippen molar-refractivity contribution in [2.45, 2.75) is 77.6 Å². The summed E-state index contributed by atoms with van der Waals surface area (Å²) in [5, 5.41) is 25.7. The minimum atomic E-state index is -1.37. The summed E-state index contributed by atoms with van der Waals surface area (Å²) in [5.74, 6) is -1.95. The summed E-state index contributed by atoms with van der Waals surface area (Å²) in [6, 6.07) is 1.88. The molecule has 0 aliphatic heterocycles. The zero-order chi connectivity index (χ0) is 27.0. The Morgan fingerprint density at radius 2 is 1.86 bits per heavy atom. The van der Waals surface area contributed by atoms with Crippen LogP contribution in [-0.4, -0.2) is 76.4 Å². The molecule has 0 saturated heterocycles. The fourth-order valence-electron chi connectivity index (χ4n) is 3.62. The number of hydrogen-bond acceptors (Lipinski definition) is 8. The van der Waals surface area contributed by atoms with Gasteiger partial charge in [0.25, 0.3) is 0 Å². The number of nitrogens with one attached hydrogen (secondary N) is 2. The summed E-state index contributed by atoms with van der Waals surface area (Å²) in [6.45, 7) is 7.78. The molecule has 1 aliphatic rings. The van der Waals surface area contributed by atoms with Gasteiger partial charge in [0, 0.05) is 18.2 Å². The number of amides is 3. The number of rotatable bonds is 11. The zero-order valence-electron chi connectivity index (χ0n) is 21.5. The Kier molecular flexibility index (Phi) is 10.1. The second-order valence-electron chi connectivity index (χ2n) is 9.62. The normalized spacial score (nSPS) is 14.8. The number of phenolic OH excluding ortho intramolecular Hbond substituents is 1. The average Bonchev–Trinajstić information content (AvgIpc) is 3.61. The van der Waals surface area contributed by atoms with Crippen molar-refractivity contribution in [3.63, 3.8) is 0 Å². The first kappa shape index (κ1) is 28.9. The van der Waals surface area contributed by atoms with Crippen molar-refractivity contribution in [3.8, 4) is 5.75 Å². The van der Waals surface area contributed by atoms with Gasteiger partial charge in [0.05, 0.1) is 19.6 Å². The molecule has 1 saturated carbocycles. The topological polar surface area (TPSA) is 154 Å². The van der Waals surface area contributed by atoms with E-state index in [0.717, 1.165) is 0 Å². The summed E-state index contributed by atoms with van der Waals surface area (Å²) in [4.78, 5) is 52.3. The van der Waals surface area contributed by atoms with Crippen LogP contribution in [0, 0.1) is 6.92 Å². The van der Waals surface area contributed by atoms with Crippen LogP contribution in [0.2, 0.25) is 0 Å². The highest BCUT2D eigenvalue weighted by Crippen LogP contribution is 2.39. The van der Waals surface area contributed by atoms with Crippen LogP contribution in [0.5, 0.6) is 5.75 Å². The SMILES string of the molecule is CCOC(=O)CCNC(=O)C(c1cccc(C)c1O)N(C(=O)C(CO)NC(=O)OC(C)(C)C)C1CC1. The van der Waals surface area contributed by atoms with Crippen LogP contribution in [-0.2, 0) is 23.9 Å². The van der Waals surface area contributed by atoms with Crippen LogP contribution in [0.4, 0.5) is 4.79 Å². The van der Waals surface area contributed by atoms with E-state index in [2.05, 4.69) is 10.6 Å². The first-order valence-electron chi connectivity index (χ1n) is 12.0. The lowest BCUT2D eigenvalue weighted by Crippen LogP contribution is -2.55. The van der Waals surface area contributed by atoms with Crippen LogP contribution in [0.25, 0.3) is 0 Å². The molecule has 11 heteroatoms. The molecule has 0 spiro atoms. The number of benzene rings is 1. The van der Waals surface area contributed by atoms with Gasteiger partial charge in [0.2, 0.25) is 11.8 Å². The number of nitrogens with zero attached hydrogens (tertiary/aromatic N) is 1. The number of carbonyl (C=O) groups excluding carboxylic acids is 4. The molecule has 0 radical (unpaired) electrons. The minimum Gasteiger partial charge on any atom is -0.507 e. The van der Waals surface area contributed by atoms with E-state index in [1.807, 2.05) is 0 Å². The van der Waals surface area contributed by atoms with Crippen LogP contribution in [0.3, 0.4) is 0 Å². The maximum Gasteiger partial charge on any atom is 0.408 e. The van der Waals surface area contributed by atoms with Crippen LogP contribution >= 0.6 is 0 Å². The molecule has 0 heterocycles. The predicted molar refractivity (Wildman–Crippen MR) is 130 cm³/mol. The van der Waals surface area contributed by atoms with Crippen molar-refractivity contribution in [2.75, 3.05) is 19.8 Å². The van der Waals surface area contributed by atoms with Gasteiger partial charge in [-0.05, 0) is 53.0 Å². The van der Waals surface area contributed by atoms with E-state index in [4.69, 9.17) is 9.47 Å². The number of phenols is 1. The standard InChI is InChI=1S/C25H37N3O8/c1-6-35-19(30)12-13-26-22(32)20(17-9-7-8-15(2)21(17)31)28(16-10-11-16)23(33)18(14-29)27-24(34)36-25(3,4)5/h7-9,16,18,20,29,31H,6,10-14H2,1-5H3,(H,26,32)(H,27,34). The van der Waals surface area contributed by atoms with E-state index in [1.165, 1.54) is 11.0 Å². The highest BCUT2D eigenvalue weighted by Gasteiger charge is 2.44. The second-order valence-corrected chi connectivity index (χ2v) is 9.62. The Hall–Kier alpha value is -3.34. The monoisotopic (exact) mass is 507 g/mol. The number of ether oxygens (including phenoxy) is 2. The quantitative estimate of drug-likeness (QED) is 0.330. The molecule has 3 amide bonds. The lowest BCUT2D eigenvalue weighted by molar-refractivity contribution is -0.145. The summed E-state index contributed by atoms with van der Waals surface area (Å²) >= 11 is 0. The van der Waals surface area contributed by atoms with E-state index in [9.17, 15) is 29.4 Å². The van der Waals surface area contributed by atoms with Gasteiger partial charge in [-0.25, -0.2) is 4.79 Å². The lowest BCUT2D eigenvalue weighted by Gasteiger charge is -2.34. The molecule has 1 aromatic rings. The highest BCUT2D eigenvalue weighted by atomic mass is 16.6. The van der Waals surface area contributed by atoms with Crippen molar-refractivity contribution < 1.29 is 38.9 Å². The first-order chi connectivity index (χ1) is 16.9. The Balaban J connectivity index is 2.36. The van der Waals surface area contributed by atoms with Gasteiger partial charge >= 0.3 is 12.1 Å². The van der Waals surface area contributed by atoms with Crippen molar-refractivity contribution in [1.29, 1.82) is 0 Å². The number of hydrogen-bond donors (Lipinski definition) is 4. The highest BCUT2D eigenvalue weighted by molar-refractivity contribution is 5.93. The zero-order valence-corrected chi connectivity index (χ0v) is 21.5. The molecule has 200 valence electrons. The van der Waals surface area contributed by atoms with Crippen LogP contribution in [0.15, 0.2) is 18.2 Å². The van der Waals surface area contributed by atoms with Gasteiger partial charge in [-0.15, -0.1) is 0 Å². The Labute approximate surface area is 211 Å². The Bertz CT molecular complexity index is 955. The molecule has 0 bridgehead atoms. The number of aromatic hydroxyl groups is 1. The lowest BCUT2D eigenvalue weighted by atomic mass is 9.99. The maximum absolute atomic E-state index is 13.6. The van der Waals surface area contributed by atoms with Crippen molar-refractivity contribution >= 4 is 23.9 Å². The minimum absolute atomic E-state index is 0.0347. The molecule has 2 rings (SSSR count). The van der Waals surface area contributed by atoms with Gasteiger partial charge in [-0.2, -0.15) is 0 Å². The van der Waals surface area contributed by atoms with Gasteiger partial charge in [0.15, 0.2) is 0 Å². The van der Waals surface area contributed by atoms with Crippen molar-refractivity contribution in [2.24, 2.45) is 0 Å². The number of esters is 1. The predicted octanol–water partition coefficient (Wildman–Crippen LogP) is 1.69. The third kappa shape index (κ3) is 8.11.